The van der Waals surface area contributed by atoms with E-state index in [1.165, 1.54) is 22.7 Å². The zero-order valence-electron chi connectivity index (χ0n) is 24.3. The number of aromatic nitrogens is 4. The Balaban J connectivity index is 1.58. The highest BCUT2D eigenvalue weighted by Gasteiger charge is 2.53. The lowest BCUT2D eigenvalue weighted by atomic mass is 9.93. The molecular formula is C29H36ClFN4O7S. The number of alkyl halides is 1. The fourth-order valence-electron chi connectivity index (χ4n) is 4.74. The number of hydrogen-bond acceptors (Lipinski definition) is 11. The topological polar surface area (TPSA) is 135 Å². The molecule has 3 heterocycles. The van der Waals surface area contributed by atoms with Crippen molar-refractivity contribution in [1.82, 2.24) is 19.5 Å². The van der Waals surface area contributed by atoms with Crippen molar-refractivity contribution in [3.63, 3.8) is 0 Å². The lowest BCUT2D eigenvalue weighted by Crippen LogP contribution is -2.54. The summed E-state index contributed by atoms with van der Waals surface area (Å²) in [6.07, 6.45) is -1.92. The third-order valence-corrected chi connectivity index (χ3v) is 8.14. The maximum Gasteiger partial charge on any atom is 0.350 e. The summed E-state index contributed by atoms with van der Waals surface area (Å²) in [6.45, 7) is 4.74. The number of esters is 2. The monoisotopic (exact) mass is 638 g/mol. The molecule has 0 saturated carbocycles. The van der Waals surface area contributed by atoms with E-state index in [1.807, 2.05) is 0 Å². The van der Waals surface area contributed by atoms with Gasteiger partial charge in [0.05, 0.1) is 26.1 Å². The van der Waals surface area contributed by atoms with Crippen molar-refractivity contribution in [2.75, 3.05) is 25.6 Å². The number of nitrogens with zero attached hydrogens (tertiary/aromatic N) is 4. The third-order valence-electron chi connectivity index (χ3n) is 6.92. The van der Waals surface area contributed by atoms with Gasteiger partial charge in [-0.05, 0) is 43.2 Å². The normalized spacial score (nSPS) is 20.4. The quantitative estimate of drug-likeness (QED) is 0.0630. The second kappa shape index (κ2) is 15.2. The van der Waals surface area contributed by atoms with Gasteiger partial charge in [0.15, 0.2) is 18.0 Å². The van der Waals surface area contributed by atoms with E-state index in [0.29, 0.717) is 16.1 Å². The van der Waals surface area contributed by atoms with Crippen LogP contribution < -0.4 is 0 Å². The van der Waals surface area contributed by atoms with Crippen LogP contribution in [0.1, 0.15) is 51.8 Å². The van der Waals surface area contributed by atoms with E-state index in [2.05, 4.69) is 21.9 Å². The Bertz CT molecular complexity index is 1360. The highest BCUT2D eigenvalue weighted by atomic mass is 35.5. The minimum Gasteiger partial charge on any atom is -0.463 e. The van der Waals surface area contributed by atoms with E-state index in [1.54, 1.807) is 44.2 Å². The van der Waals surface area contributed by atoms with Gasteiger partial charge in [-0.1, -0.05) is 50.1 Å². The van der Waals surface area contributed by atoms with E-state index < -0.39 is 48.8 Å². The molecule has 1 aliphatic rings. The predicted molar refractivity (Wildman–Crippen MR) is 157 cm³/mol. The van der Waals surface area contributed by atoms with E-state index in [0.717, 1.165) is 25.0 Å². The van der Waals surface area contributed by atoms with Crippen LogP contribution in [-0.4, -0.2) is 86.1 Å². The van der Waals surface area contributed by atoms with Crippen LogP contribution in [0.5, 0.6) is 0 Å². The number of rotatable bonds is 15. The Hall–Kier alpha value is -2.84. The summed E-state index contributed by atoms with van der Waals surface area (Å²) < 4.78 is 39.2. The summed E-state index contributed by atoms with van der Waals surface area (Å²) in [5.41, 5.74) is -0.937. The molecule has 14 heteroatoms. The molecule has 0 spiro atoms. The fraction of sp³-hybridized carbons (Fsp3) is 0.552. The summed E-state index contributed by atoms with van der Waals surface area (Å²) >= 11 is 7.69. The number of aliphatic hydroxyl groups excluding tert-OH is 1. The molecule has 1 aromatic carbocycles. The van der Waals surface area contributed by atoms with Crippen LogP contribution in [0.15, 0.2) is 41.7 Å². The van der Waals surface area contributed by atoms with Crippen LogP contribution in [0.2, 0.25) is 5.28 Å². The van der Waals surface area contributed by atoms with E-state index in [-0.39, 0.29) is 30.6 Å². The molecular weight excluding hydrogens is 603 g/mol. The van der Waals surface area contributed by atoms with Crippen LogP contribution in [-0.2, 0) is 35.0 Å². The molecule has 2 aromatic heterocycles. The Morgan fingerprint density at radius 3 is 2.47 bits per heavy atom. The number of thioether (sulfide) groups is 1. The molecule has 1 fully saturated rings. The van der Waals surface area contributed by atoms with Crippen LogP contribution in [0, 0.1) is 0 Å². The number of imidazole rings is 1. The second-order valence-electron chi connectivity index (χ2n) is 9.92. The van der Waals surface area contributed by atoms with Crippen LogP contribution in [0.4, 0.5) is 4.39 Å². The minimum atomic E-state index is -2.22. The fourth-order valence-corrected chi connectivity index (χ4v) is 5.93. The van der Waals surface area contributed by atoms with Crippen molar-refractivity contribution in [3.05, 3.63) is 47.5 Å². The second-order valence-corrected chi connectivity index (χ2v) is 11.3. The first-order valence-corrected chi connectivity index (χ1v) is 15.6. The van der Waals surface area contributed by atoms with Crippen molar-refractivity contribution in [2.24, 2.45) is 0 Å². The van der Waals surface area contributed by atoms with Gasteiger partial charge in [-0.2, -0.15) is 4.98 Å². The van der Waals surface area contributed by atoms with Gasteiger partial charge in [0, 0.05) is 6.42 Å². The van der Waals surface area contributed by atoms with Crippen LogP contribution >= 0.6 is 23.4 Å². The van der Waals surface area contributed by atoms with Gasteiger partial charge >= 0.3 is 11.9 Å². The molecule has 43 heavy (non-hydrogen) atoms. The van der Waals surface area contributed by atoms with Crippen molar-refractivity contribution >= 4 is 46.5 Å². The average Bonchev–Trinajstić information content (AvgIpc) is 3.54. The number of ether oxygens (including phenoxy) is 4. The Labute approximate surface area is 258 Å². The van der Waals surface area contributed by atoms with Gasteiger partial charge in [-0.25, -0.2) is 23.9 Å². The molecule has 4 rings (SSSR count). The molecule has 0 amide bonds. The highest BCUT2D eigenvalue weighted by molar-refractivity contribution is 7.99. The van der Waals surface area contributed by atoms with Crippen LogP contribution in [0.3, 0.4) is 0 Å². The Morgan fingerprint density at radius 2 is 1.81 bits per heavy atom. The molecule has 1 N–H and O–H groups in total. The molecule has 3 aromatic rings. The summed E-state index contributed by atoms with van der Waals surface area (Å²) in [4.78, 5) is 39.4. The van der Waals surface area contributed by atoms with Crippen molar-refractivity contribution in [3.8, 4) is 0 Å². The maximum atomic E-state index is 15.6. The first-order valence-electron chi connectivity index (χ1n) is 14.3. The van der Waals surface area contributed by atoms with Crippen LogP contribution in [0.25, 0.3) is 11.2 Å². The number of fused-ring (bicyclic) bond motifs is 1. The number of aliphatic hydroxyl groups is 1. The number of carbonyl (C=O) groups excluding carboxylic acids is 2. The maximum absolute atomic E-state index is 15.6. The highest BCUT2D eigenvalue weighted by Crippen LogP contribution is 2.36. The standard InChI is InChI=1S/C29H36ClFN4O7S/c1-4-7-11-14-43-24-21-23(33-28(30)34-24)35(17-32-21)25-20(31)22(36)19(42-25)16-41-29(26(37)39-5-2,27(38)40-6-3)15-18-12-9-8-10-13-18/h8-10,12-13,17,19-20,22,25,36H,4-7,11,14-16H2,1-3H3/t19-,20+,22-,25-/m1/s1. The summed E-state index contributed by atoms with van der Waals surface area (Å²) in [6, 6.07) is 8.73. The average molecular weight is 639 g/mol. The number of hydrogen-bond donors (Lipinski definition) is 1. The first kappa shape index (κ1) is 33.1. The largest absolute Gasteiger partial charge is 0.463 e. The number of carbonyl (C=O) groups is 2. The molecule has 1 aliphatic heterocycles. The molecule has 234 valence electrons. The Morgan fingerprint density at radius 1 is 1.12 bits per heavy atom. The SMILES string of the molecule is CCCCCSc1nc(Cl)nc2c1ncn2[C@@H]1O[C@H](COC(Cc2ccccc2)(C(=O)OCC)C(=O)OCC)[C@@H](O)[C@@H]1F. The lowest BCUT2D eigenvalue weighted by molar-refractivity contribution is -0.197. The van der Waals surface area contributed by atoms with Gasteiger partial charge in [0.1, 0.15) is 22.8 Å². The van der Waals surface area contributed by atoms with Crippen molar-refractivity contribution in [1.29, 1.82) is 0 Å². The molecule has 0 radical (unpaired) electrons. The summed E-state index contributed by atoms with van der Waals surface area (Å²) in [5.74, 6) is -1.12. The van der Waals surface area contributed by atoms with Gasteiger partial charge < -0.3 is 24.1 Å². The molecule has 0 aliphatic carbocycles. The first-order chi connectivity index (χ1) is 20.7. The van der Waals surface area contributed by atoms with Gasteiger partial charge in [-0.3, -0.25) is 4.57 Å². The predicted octanol–water partition coefficient (Wildman–Crippen LogP) is 4.48. The molecule has 1 saturated heterocycles. The lowest BCUT2D eigenvalue weighted by Gasteiger charge is -2.30. The van der Waals surface area contributed by atoms with Crippen molar-refractivity contribution in [2.45, 2.75) is 81.7 Å². The van der Waals surface area contributed by atoms with Gasteiger partial charge in [0.25, 0.3) is 5.60 Å². The van der Waals surface area contributed by atoms with E-state index in [4.69, 9.17) is 30.5 Å². The van der Waals surface area contributed by atoms with Crippen molar-refractivity contribution < 1.29 is 38.0 Å². The van der Waals surface area contributed by atoms with Gasteiger partial charge in [-0.15, -0.1) is 11.8 Å². The molecule has 0 bridgehead atoms. The number of halogens is 2. The minimum absolute atomic E-state index is 0.0215. The Kier molecular flexibility index (Phi) is 11.7. The third kappa shape index (κ3) is 7.46. The molecule has 11 nitrogen and oxygen atoms in total. The summed E-state index contributed by atoms with van der Waals surface area (Å²) in [7, 11) is 0. The van der Waals surface area contributed by atoms with Gasteiger partial charge in [0.2, 0.25) is 5.28 Å². The zero-order valence-corrected chi connectivity index (χ0v) is 25.9. The van der Waals surface area contributed by atoms with E-state index >= 15 is 4.39 Å². The summed E-state index contributed by atoms with van der Waals surface area (Å²) in [5, 5.41) is 11.4. The van der Waals surface area contributed by atoms with E-state index in [9.17, 15) is 14.7 Å². The zero-order chi connectivity index (χ0) is 31.0. The number of benzene rings is 1. The molecule has 0 unspecified atom stereocenters. The number of unbranched alkanes of at least 4 members (excludes halogenated alkanes) is 2. The smallest absolute Gasteiger partial charge is 0.350 e. The molecule has 4 atom stereocenters.